The second kappa shape index (κ2) is 5.12. The number of ether oxygens (including phenoxy) is 1. The maximum absolute atomic E-state index is 12.1. The molecular weight excluding hydrogens is 206 g/mol. The number of nitrogens with one attached hydrogen (secondary N) is 1. The predicted octanol–water partition coefficient (Wildman–Crippen LogP) is 0.0114. The van der Waals surface area contributed by atoms with Crippen LogP contribution in [0.1, 0.15) is 32.1 Å². The van der Waals surface area contributed by atoms with Crippen LogP contribution in [0.15, 0.2) is 0 Å². The second-order valence-electron chi connectivity index (χ2n) is 4.76. The molecule has 3 N–H and O–H groups in total. The van der Waals surface area contributed by atoms with Crippen molar-refractivity contribution in [3.63, 3.8) is 0 Å². The lowest BCUT2D eigenvalue weighted by molar-refractivity contribution is -0.135. The van der Waals surface area contributed by atoms with Crippen LogP contribution in [-0.4, -0.2) is 42.8 Å². The van der Waals surface area contributed by atoms with Crippen LogP contribution in [0.25, 0.3) is 0 Å². The number of carbonyl (C=O) groups excluding carboxylic acids is 1. The summed E-state index contributed by atoms with van der Waals surface area (Å²) in [5.74, 6) is -0.0438. The Labute approximate surface area is 96.3 Å². The largest absolute Gasteiger partial charge is 0.381 e. The maximum atomic E-state index is 12.1. The van der Waals surface area contributed by atoms with Gasteiger partial charge in [0.2, 0.25) is 0 Å². The predicted molar refractivity (Wildman–Crippen MR) is 60.5 cm³/mol. The van der Waals surface area contributed by atoms with Gasteiger partial charge in [0, 0.05) is 26.3 Å². The molecule has 2 aliphatic rings. The first kappa shape index (κ1) is 11.8. The average molecular weight is 227 g/mol. The highest BCUT2D eigenvalue weighted by Gasteiger charge is 2.36. The second-order valence-corrected chi connectivity index (χ2v) is 4.76. The van der Waals surface area contributed by atoms with Gasteiger partial charge in [-0.2, -0.15) is 0 Å². The van der Waals surface area contributed by atoms with E-state index in [1.807, 2.05) is 5.01 Å². The van der Waals surface area contributed by atoms with E-state index in [0.29, 0.717) is 26.1 Å². The Balaban J connectivity index is 1.85. The van der Waals surface area contributed by atoms with E-state index in [1.165, 1.54) is 6.42 Å². The van der Waals surface area contributed by atoms with Crippen molar-refractivity contribution < 1.29 is 9.53 Å². The molecule has 0 spiro atoms. The molecule has 2 saturated heterocycles. The van der Waals surface area contributed by atoms with Gasteiger partial charge in [0.15, 0.2) is 0 Å². The number of rotatable bonds is 2. The number of hydrazine groups is 1. The minimum Gasteiger partial charge on any atom is -0.381 e. The lowest BCUT2D eigenvalue weighted by Gasteiger charge is -2.35. The highest BCUT2D eigenvalue weighted by molar-refractivity contribution is 5.85. The molecule has 0 saturated carbocycles. The standard InChI is InChI=1S/C11H21N3O2/c12-11(4-8-16-9-5-11)10(15)13-14-6-2-1-3-7-14/h1-9,12H2,(H,13,15). The number of nitrogens with zero attached hydrogens (tertiary/aromatic N) is 1. The molecular formula is C11H21N3O2. The number of hydrogen-bond donors (Lipinski definition) is 2. The molecule has 92 valence electrons. The summed E-state index contributed by atoms with van der Waals surface area (Å²) in [6, 6.07) is 0. The number of nitrogens with two attached hydrogens (primary N) is 1. The van der Waals surface area contributed by atoms with Crippen molar-refractivity contribution in [1.82, 2.24) is 10.4 Å². The van der Waals surface area contributed by atoms with E-state index in [2.05, 4.69) is 5.43 Å². The zero-order valence-corrected chi connectivity index (χ0v) is 9.71. The molecule has 2 aliphatic heterocycles. The van der Waals surface area contributed by atoms with Crippen LogP contribution in [0.2, 0.25) is 0 Å². The SMILES string of the molecule is NC1(C(=O)NN2CCCCC2)CCOCC1. The topological polar surface area (TPSA) is 67.6 Å². The van der Waals surface area contributed by atoms with Crippen LogP contribution in [0.5, 0.6) is 0 Å². The molecule has 2 fully saturated rings. The van der Waals surface area contributed by atoms with Gasteiger partial charge >= 0.3 is 0 Å². The summed E-state index contributed by atoms with van der Waals surface area (Å²) < 4.78 is 5.23. The van der Waals surface area contributed by atoms with Gasteiger partial charge < -0.3 is 10.5 Å². The molecule has 5 nitrogen and oxygen atoms in total. The molecule has 0 aromatic heterocycles. The lowest BCUT2D eigenvalue weighted by Crippen LogP contribution is -2.60. The quantitative estimate of drug-likeness (QED) is 0.697. The van der Waals surface area contributed by atoms with E-state index in [4.69, 9.17) is 10.5 Å². The van der Waals surface area contributed by atoms with Crippen molar-refractivity contribution in [2.75, 3.05) is 26.3 Å². The fraction of sp³-hybridized carbons (Fsp3) is 0.909. The third-order valence-corrected chi connectivity index (χ3v) is 3.45. The van der Waals surface area contributed by atoms with Gasteiger partial charge in [-0.1, -0.05) is 6.42 Å². The van der Waals surface area contributed by atoms with Gasteiger partial charge in [-0.3, -0.25) is 10.2 Å². The van der Waals surface area contributed by atoms with Crippen molar-refractivity contribution in [3.05, 3.63) is 0 Å². The van der Waals surface area contributed by atoms with Crippen molar-refractivity contribution in [3.8, 4) is 0 Å². The first-order valence-electron chi connectivity index (χ1n) is 6.13. The Morgan fingerprint density at radius 2 is 1.81 bits per heavy atom. The van der Waals surface area contributed by atoms with Crippen molar-refractivity contribution in [2.24, 2.45) is 5.73 Å². The average Bonchev–Trinajstić information content (AvgIpc) is 2.31. The molecule has 16 heavy (non-hydrogen) atoms. The summed E-state index contributed by atoms with van der Waals surface area (Å²) in [6.07, 6.45) is 4.80. The fourth-order valence-electron chi connectivity index (χ4n) is 2.22. The van der Waals surface area contributed by atoms with Crippen LogP contribution in [-0.2, 0) is 9.53 Å². The fourth-order valence-corrected chi connectivity index (χ4v) is 2.22. The number of piperidine rings is 1. The third-order valence-electron chi connectivity index (χ3n) is 3.45. The van der Waals surface area contributed by atoms with Gasteiger partial charge in [0.25, 0.3) is 5.91 Å². The molecule has 1 amide bonds. The smallest absolute Gasteiger partial charge is 0.254 e. The Morgan fingerprint density at radius 1 is 1.19 bits per heavy atom. The van der Waals surface area contributed by atoms with E-state index < -0.39 is 5.54 Å². The first-order valence-corrected chi connectivity index (χ1v) is 6.13. The van der Waals surface area contributed by atoms with E-state index in [-0.39, 0.29) is 5.91 Å². The molecule has 0 aromatic rings. The molecule has 0 aliphatic carbocycles. The van der Waals surface area contributed by atoms with E-state index in [0.717, 1.165) is 25.9 Å². The van der Waals surface area contributed by atoms with Gasteiger partial charge in [0.1, 0.15) is 5.54 Å². The normalized spacial score (nSPS) is 26.3. The monoisotopic (exact) mass is 227 g/mol. The summed E-state index contributed by atoms with van der Waals surface area (Å²) in [6.45, 7) is 3.06. The Kier molecular flexibility index (Phi) is 3.78. The number of amides is 1. The van der Waals surface area contributed by atoms with Gasteiger partial charge in [-0.15, -0.1) is 0 Å². The van der Waals surface area contributed by atoms with Crippen molar-refractivity contribution in [1.29, 1.82) is 0 Å². The molecule has 2 rings (SSSR count). The van der Waals surface area contributed by atoms with Crippen molar-refractivity contribution >= 4 is 5.91 Å². The van der Waals surface area contributed by atoms with E-state index in [9.17, 15) is 4.79 Å². The van der Waals surface area contributed by atoms with E-state index in [1.54, 1.807) is 0 Å². The summed E-state index contributed by atoms with van der Waals surface area (Å²) >= 11 is 0. The molecule has 0 aromatic carbocycles. The van der Waals surface area contributed by atoms with Gasteiger partial charge in [-0.05, 0) is 25.7 Å². The molecule has 0 radical (unpaired) electrons. The minimum absolute atomic E-state index is 0.0438. The van der Waals surface area contributed by atoms with Crippen LogP contribution in [0, 0.1) is 0 Å². The van der Waals surface area contributed by atoms with Crippen molar-refractivity contribution in [2.45, 2.75) is 37.6 Å². The van der Waals surface area contributed by atoms with Crippen LogP contribution < -0.4 is 11.2 Å². The molecule has 0 unspecified atom stereocenters. The number of carbonyl (C=O) groups is 1. The van der Waals surface area contributed by atoms with Crippen LogP contribution in [0.3, 0.4) is 0 Å². The van der Waals surface area contributed by atoms with Gasteiger partial charge in [-0.25, -0.2) is 5.01 Å². The van der Waals surface area contributed by atoms with E-state index >= 15 is 0 Å². The number of hydrogen-bond acceptors (Lipinski definition) is 4. The maximum Gasteiger partial charge on any atom is 0.254 e. The Morgan fingerprint density at radius 3 is 2.44 bits per heavy atom. The zero-order valence-electron chi connectivity index (χ0n) is 9.71. The first-order chi connectivity index (χ1) is 7.71. The van der Waals surface area contributed by atoms with Crippen LogP contribution >= 0.6 is 0 Å². The summed E-state index contributed by atoms with van der Waals surface area (Å²) in [5.41, 5.74) is 8.32. The molecule has 2 heterocycles. The third kappa shape index (κ3) is 2.72. The summed E-state index contributed by atoms with van der Waals surface area (Å²) in [5, 5.41) is 2.00. The minimum atomic E-state index is -0.726. The Hall–Kier alpha value is -0.650. The summed E-state index contributed by atoms with van der Waals surface area (Å²) in [7, 11) is 0. The molecule has 0 bridgehead atoms. The van der Waals surface area contributed by atoms with Gasteiger partial charge in [0.05, 0.1) is 0 Å². The zero-order chi connectivity index (χ0) is 11.4. The van der Waals surface area contributed by atoms with Crippen LogP contribution in [0.4, 0.5) is 0 Å². The highest BCUT2D eigenvalue weighted by Crippen LogP contribution is 2.18. The lowest BCUT2D eigenvalue weighted by atomic mass is 9.90. The Bertz CT molecular complexity index is 246. The molecule has 0 atom stereocenters. The summed E-state index contributed by atoms with van der Waals surface area (Å²) in [4.78, 5) is 12.1. The highest BCUT2D eigenvalue weighted by atomic mass is 16.5. The molecule has 5 heteroatoms.